The molecule has 0 aromatic carbocycles. The zero-order valence-electron chi connectivity index (χ0n) is 10.9. The Morgan fingerprint density at radius 1 is 1.50 bits per heavy atom. The van der Waals surface area contributed by atoms with E-state index in [2.05, 4.69) is 31.2 Å². The highest BCUT2D eigenvalue weighted by atomic mass is 16.5. The Bertz CT molecular complexity index is 320. The average molecular weight is 225 g/mol. The molecule has 92 valence electrons. The van der Waals surface area contributed by atoms with Crippen LogP contribution in [0.25, 0.3) is 0 Å². The smallest absolute Gasteiger partial charge is 0.0821 e. The van der Waals surface area contributed by atoms with Crippen molar-refractivity contribution < 1.29 is 4.74 Å². The van der Waals surface area contributed by atoms with Crippen molar-refractivity contribution >= 4 is 0 Å². The van der Waals surface area contributed by atoms with Gasteiger partial charge in [-0.25, -0.2) is 0 Å². The number of hydrogen-bond acceptors (Lipinski definition) is 3. The first-order valence-electron chi connectivity index (χ1n) is 5.87. The standard InChI is InChI=1S/C12H23N3O/c1-6-13-11(12(3,4)16-7-2)10-8-14-15(5)9-10/h8-9,11,13H,6-7H2,1-5H3. The topological polar surface area (TPSA) is 39.1 Å². The van der Waals surface area contributed by atoms with Gasteiger partial charge in [-0.05, 0) is 27.3 Å². The minimum Gasteiger partial charge on any atom is -0.374 e. The quantitative estimate of drug-likeness (QED) is 0.803. The van der Waals surface area contributed by atoms with Gasteiger partial charge in [0.05, 0.1) is 17.8 Å². The van der Waals surface area contributed by atoms with Crippen LogP contribution in [-0.2, 0) is 11.8 Å². The number of ether oxygens (including phenoxy) is 1. The summed E-state index contributed by atoms with van der Waals surface area (Å²) in [7, 11) is 1.93. The Labute approximate surface area is 98.0 Å². The number of likely N-dealkylation sites (N-methyl/N-ethyl adjacent to an activating group) is 1. The number of nitrogens with zero attached hydrogens (tertiary/aromatic N) is 2. The van der Waals surface area contributed by atoms with Gasteiger partial charge >= 0.3 is 0 Å². The average Bonchev–Trinajstić information content (AvgIpc) is 2.60. The summed E-state index contributed by atoms with van der Waals surface area (Å²) < 4.78 is 7.63. The minimum absolute atomic E-state index is 0.172. The maximum absolute atomic E-state index is 5.81. The summed E-state index contributed by atoms with van der Waals surface area (Å²) in [6.07, 6.45) is 3.93. The highest BCUT2D eigenvalue weighted by molar-refractivity contribution is 5.14. The molecule has 16 heavy (non-hydrogen) atoms. The third-order valence-electron chi connectivity index (χ3n) is 2.68. The highest BCUT2D eigenvalue weighted by Gasteiger charge is 2.31. The molecule has 1 aromatic rings. The summed E-state index contributed by atoms with van der Waals surface area (Å²) in [4.78, 5) is 0. The first kappa shape index (κ1) is 13.2. The molecule has 0 saturated heterocycles. The Kier molecular flexibility index (Phi) is 4.50. The largest absolute Gasteiger partial charge is 0.374 e. The monoisotopic (exact) mass is 225 g/mol. The van der Waals surface area contributed by atoms with Crippen LogP contribution in [0.1, 0.15) is 39.3 Å². The molecule has 0 fully saturated rings. The van der Waals surface area contributed by atoms with Crippen LogP contribution < -0.4 is 5.32 Å². The van der Waals surface area contributed by atoms with E-state index >= 15 is 0 Å². The molecule has 1 rings (SSSR count). The molecule has 4 heteroatoms. The van der Waals surface area contributed by atoms with Crippen LogP contribution in [0.2, 0.25) is 0 Å². The maximum atomic E-state index is 5.81. The predicted molar refractivity (Wildman–Crippen MR) is 65.3 cm³/mol. The summed E-state index contributed by atoms with van der Waals surface area (Å²) in [5, 5.41) is 7.67. The van der Waals surface area contributed by atoms with Crippen molar-refractivity contribution in [2.45, 2.75) is 39.3 Å². The number of aromatic nitrogens is 2. The van der Waals surface area contributed by atoms with Crippen LogP contribution in [0.4, 0.5) is 0 Å². The van der Waals surface area contributed by atoms with Crippen molar-refractivity contribution in [3.05, 3.63) is 18.0 Å². The van der Waals surface area contributed by atoms with Gasteiger partial charge in [-0.1, -0.05) is 6.92 Å². The third-order valence-corrected chi connectivity index (χ3v) is 2.68. The van der Waals surface area contributed by atoms with Crippen molar-refractivity contribution in [3.8, 4) is 0 Å². The van der Waals surface area contributed by atoms with Crippen LogP contribution in [0.15, 0.2) is 12.4 Å². The summed E-state index contributed by atoms with van der Waals surface area (Å²) in [5.74, 6) is 0. The van der Waals surface area contributed by atoms with Gasteiger partial charge in [-0.2, -0.15) is 5.10 Å². The van der Waals surface area contributed by atoms with E-state index in [-0.39, 0.29) is 11.6 Å². The molecule has 0 radical (unpaired) electrons. The number of nitrogens with one attached hydrogen (secondary N) is 1. The predicted octanol–water partition coefficient (Wildman–Crippen LogP) is 1.89. The summed E-state index contributed by atoms with van der Waals surface area (Å²) in [6, 6.07) is 0.172. The first-order chi connectivity index (χ1) is 7.51. The van der Waals surface area contributed by atoms with E-state index in [1.165, 1.54) is 5.56 Å². The molecule has 1 heterocycles. The lowest BCUT2D eigenvalue weighted by atomic mass is 9.93. The molecule has 1 unspecified atom stereocenters. The van der Waals surface area contributed by atoms with Crippen molar-refractivity contribution in [1.29, 1.82) is 0 Å². The fourth-order valence-corrected chi connectivity index (χ4v) is 2.01. The van der Waals surface area contributed by atoms with Gasteiger partial charge in [0.15, 0.2) is 0 Å². The zero-order chi connectivity index (χ0) is 12.2. The van der Waals surface area contributed by atoms with Gasteiger partial charge in [0.25, 0.3) is 0 Å². The SMILES string of the molecule is CCNC(c1cnn(C)c1)C(C)(C)OCC. The number of rotatable bonds is 6. The van der Waals surface area contributed by atoms with Crippen LogP contribution >= 0.6 is 0 Å². The molecule has 0 aliphatic rings. The second-order valence-electron chi connectivity index (χ2n) is 4.47. The van der Waals surface area contributed by atoms with Gasteiger partial charge in [-0.15, -0.1) is 0 Å². The van der Waals surface area contributed by atoms with Crippen molar-refractivity contribution in [2.75, 3.05) is 13.2 Å². The molecule has 4 nitrogen and oxygen atoms in total. The summed E-state index contributed by atoms with van der Waals surface area (Å²) in [5.41, 5.74) is 0.941. The van der Waals surface area contributed by atoms with Crippen molar-refractivity contribution in [1.82, 2.24) is 15.1 Å². The molecule has 0 aliphatic heterocycles. The van der Waals surface area contributed by atoms with E-state index in [1.54, 1.807) is 0 Å². The Morgan fingerprint density at radius 2 is 2.19 bits per heavy atom. The summed E-state index contributed by atoms with van der Waals surface area (Å²) in [6.45, 7) is 9.97. The second kappa shape index (κ2) is 5.46. The third kappa shape index (κ3) is 3.06. The Morgan fingerprint density at radius 3 is 2.62 bits per heavy atom. The van der Waals surface area contributed by atoms with Crippen LogP contribution in [0.5, 0.6) is 0 Å². The van der Waals surface area contributed by atoms with Gasteiger partial charge in [0, 0.05) is 25.4 Å². The van der Waals surface area contributed by atoms with E-state index < -0.39 is 0 Å². The van der Waals surface area contributed by atoms with Crippen LogP contribution in [0.3, 0.4) is 0 Å². The Balaban J connectivity index is 2.89. The molecular formula is C12H23N3O. The molecule has 0 aliphatic carbocycles. The molecule has 1 atom stereocenters. The fourth-order valence-electron chi connectivity index (χ4n) is 2.01. The zero-order valence-corrected chi connectivity index (χ0v) is 10.9. The lowest BCUT2D eigenvalue weighted by Gasteiger charge is -2.34. The molecule has 1 N–H and O–H groups in total. The Hall–Kier alpha value is -0.870. The van der Waals surface area contributed by atoms with Crippen molar-refractivity contribution in [3.63, 3.8) is 0 Å². The fraction of sp³-hybridized carbons (Fsp3) is 0.750. The minimum atomic E-state index is -0.228. The second-order valence-corrected chi connectivity index (χ2v) is 4.47. The van der Waals surface area contributed by atoms with E-state index in [4.69, 9.17) is 4.74 Å². The normalized spacial score (nSPS) is 14.1. The maximum Gasteiger partial charge on any atom is 0.0821 e. The molecule has 0 bridgehead atoms. The van der Waals surface area contributed by atoms with Crippen LogP contribution in [0, 0.1) is 0 Å². The van der Waals surface area contributed by atoms with E-state index in [0.717, 1.165) is 13.2 Å². The first-order valence-corrected chi connectivity index (χ1v) is 5.87. The number of aryl methyl sites for hydroxylation is 1. The van der Waals surface area contributed by atoms with E-state index in [1.807, 2.05) is 31.0 Å². The molecule has 0 amide bonds. The molecular weight excluding hydrogens is 202 g/mol. The van der Waals surface area contributed by atoms with Crippen molar-refractivity contribution in [2.24, 2.45) is 7.05 Å². The van der Waals surface area contributed by atoms with Gasteiger partial charge in [0.1, 0.15) is 0 Å². The van der Waals surface area contributed by atoms with E-state index in [9.17, 15) is 0 Å². The van der Waals surface area contributed by atoms with Gasteiger partial charge in [0.2, 0.25) is 0 Å². The van der Waals surface area contributed by atoms with Gasteiger partial charge < -0.3 is 10.1 Å². The van der Waals surface area contributed by atoms with Crippen LogP contribution in [-0.4, -0.2) is 28.5 Å². The van der Waals surface area contributed by atoms with Gasteiger partial charge in [-0.3, -0.25) is 4.68 Å². The highest BCUT2D eigenvalue weighted by Crippen LogP contribution is 2.28. The number of hydrogen-bond donors (Lipinski definition) is 1. The summed E-state index contributed by atoms with van der Waals surface area (Å²) >= 11 is 0. The lowest BCUT2D eigenvalue weighted by molar-refractivity contribution is -0.0388. The molecule has 0 saturated carbocycles. The molecule has 1 aromatic heterocycles. The lowest BCUT2D eigenvalue weighted by Crippen LogP contribution is -2.41. The van der Waals surface area contributed by atoms with E-state index in [0.29, 0.717) is 0 Å². The molecule has 0 spiro atoms.